The van der Waals surface area contributed by atoms with Gasteiger partial charge in [-0.05, 0) is 36.6 Å². The molecule has 19 heavy (non-hydrogen) atoms. The summed E-state index contributed by atoms with van der Waals surface area (Å²) in [5.41, 5.74) is 0.706. The lowest BCUT2D eigenvalue weighted by Gasteiger charge is -2.28. The molecule has 1 aromatic carbocycles. The third-order valence-corrected chi connectivity index (χ3v) is 4.04. The van der Waals surface area contributed by atoms with Gasteiger partial charge in [-0.2, -0.15) is 0 Å². The van der Waals surface area contributed by atoms with Crippen molar-refractivity contribution in [1.82, 2.24) is 5.32 Å². The second-order valence-electron chi connectivity index (χ2n) is 4.94. The van der Waals surface area contributed by atoms with Gasteiger partial charge in [-0.3, -0.25) is 4.79 Å². The molecule has 3 nitrogen and oxygen atoms in total. The maximum Gasteiger partial charge on any atom is 0.224 e. The lowest BCUT2D eigenvalue weighted by atomic mass is 9.92. The minimum Gasteiger partial charge on any atom is -0.391 e. The third-order valence-electron chi connectivity index (χ3n) is 3.43. The van der Waals surface area contributed by atoms with Gasteiger partial charge in [0.25, 0.3) is 0 Å². The Morgan fingerprint density at radius 2 is 2.05 bits per heavy atom. The van der Waals surface area contributed by atoms with Gasteiger partial charge in [0.2, 0.25) is 5.91 Å². The lowest BCUT2D eigenvalue weighted by Crippen LogP contribution is -2.45. The van der Waals surface area contributed by atoms with Gasteiger partial charge in [0.05, 0.1) is 18.6 Å². The third kappa shape index (κ3) is 4.10. The van der Waals surface area contributed by atoms with E-state index in [1.165, 1.54) is 0 Å². The van der Waals surface area contributed by atoms with E-state index in [4.69, 9.17) is 23.2 Å². The van der Waals surface area contributed by atoms with Gasteiger partial charge in [-0.15, -0.1) is 0 Å². The summed E-state index contributed by atoms with van der Waals surface area (Å²) in [7, 11) is 0. The van der Waals surface area contributed by atoms with Crippen LogP contribution in [0, 0.1) is 0 Å². The molecule has 0 heterocycles. The quantitative estimate of drug-likeness (QED) is 0.902. The van der Waals surface area contributed by atoms with Crippen molar-refractivity contribution in [3.8, 4) is 0 Å². The zero-order valence-electron chi connectivity index (χ0n) is 10.5. The minimum atomic E-state index is -0.437. The molecule has 1 aliphatic rings. The largest absolute Gasteiger partial charge is 0.391 e. The Labute approximate surface area is 122 Å². The van der Waals surface area contributed by atoms with Crippen molar-refractivity contribution in [2.24, 2.45) is 0 Å². The van der Waals surface area contributed by atoms with Crippen molar-refractivity contribution in [1.29, 1.82) is 0 Å². The summed E-state index contributed by atoms with van der Waals surface area (Å²) in [4.78, 5) is 12.0. The standard InChI is InChI=1S/C14H17Cl2NO2/c15-10-5-6-11(16)9(7-10)8-14(19)17-12-3-1-2-4-13(12)18/h5-7,12-13,18H,1-4,8H2,(H,17,19). The zero-order chi connectivity index (χ0) is 13.8. The van der Waals surface area contributed by atoms with E-state index in [9.17, 15) is 9.90 Å². The topological polar surface area (TPSA) is 49.3 Å². The molecule has 1 aliphatic carbocycles. The number of hydrogen-bond acceptors (Lipinski definition) is 2. The van der Waals surface area contributed by atoms with E-state index in [0.717, 1.165) is 25.7 Å². The Morgan fingerprint density at radius 3 is 2.79 bits per heavy atom. The summed E-state index contributed by atoms with van der Waals surface area (Å²) in [5.74, 6) is -0.130. The van der Waals surface area contributed by atoms with Gasteiger partial charge in [0.1, 0.15) is 0 Å². The number of hydrogen-bond donors (Lipinski definition) is 2. The molecule has 0 aromatic heterocycles. The average molecular weight is 302 g/mol. The van der Waals surface area contributed by atoms with E-state index in [1.54, 1.807) is 18.2 Å². The van der Waals surface area contributed by atoms with Crippen LogP contribution in [0.5, 0.6) is 0 Å². The van der Waals surface area contributed by atoms with Crippen LogP contribution < -0.4 is 5.32 Å². The molecule has 0 aliphatic heterocycles. The Morgan fingerprint density at radius 1 is 1.32 bits per heavy atom. The van der Waals surface area contributed by atoms with Crippen LogP contribution in [-0.4, -0.2) is 23.2 Å². The highest BCUT2D eigenvalue weighted by atomic mass is 35.5. The molecular weight excluding hydrogens is 285 g/mol. The van der Waals surface area contributed by atoms with Gasteiger partial charge in [0, 0.05) is 10.0 Å². The van der Waals surface area contributed by atoms with Crippen LogP contribution in [0.3, 0.4) is 0 Å². The Hall–Kier alpha value is -0.770. The van der Waals surface area contributed by atoms with Crippen LogP contribution in [0.4, 0.5) is 0 Å². The van der Waals surface area contributed by atoms with Gasteiger partial charge in [-0.25, -0.2) is 0 Å². The lowest BCUT2D eigenvalue weighted by molar-refractivity contribution is -0.122. The maximum absolute atomic E-state index is 12.0. The van der Waals surface area contributed by atoms with Crippen LogP contribution in [0.2, 0.25) is 10.0 Å². The number of amides is 1. The van der Waals surface area contributed by atoms with Gasteiger partial charge in [-0.1, -0.05) is 36.0 Å². The predicted molar refractivity (Wildman–Crippen MR) is 76.6 cm³/mol. The number of aliphatic hydroxyl groups is 1. The van der Waals surface area contributed by atoms with Crippen molar-refractivity contribution in [3.05, 3.63) is 33.8 Å². The molecule has 0 radical (unpaired) electrons. The fourth-order valence-electron chi connectivity index (χ4n) is 2.39. The first-order valence-corrected chi connectivity index (χ1v) is 7.23. The number of carbonyl (C=O) groups is 1. The maximum atomic E-state index is 12.0. The molecule has 1 fully saturated rings. The molecule has 1 amide bonds. The molecule has 0 saturated heterocycles. The first-order chi connectivity index (χ1) is 9.06. The van der Waals surface area contributed by atoms with Crippen molar-refractivity contribution >= 4 is 29.1 Å². The smallest absolute Gasteiger partial charge is 0.224 e. The molecule has 1 saturated carbocycles. The van der Waals surface area contributed by atoms with Gasteiger partial charge >= 0.3 is 0 Å². The van der Waals surface area contributed by atoms with Crippen molar-refractivity contribution in [2.45, 2.75) is 44.2 Å². The summed E-state index contributed by atoms with van der Waals surface area (Å²) >= 11 is 11.9. The summed E-state index contributed by atoms with van der Waals surface area (Å²) < 4.78 is 0. The SMILES string of the molecule is O=C(Cc1cc(Cl)ccc1Cl)NC1CCCCC1O. The van der Waals surface area contributed by atoms with E-state index in [2.05, 4.69) is 5.32 Å². The van der Waals surface area contributed by atoms with E-state index in [1.807, 2.05) is 0 Å². The number of nitrogens with one attached hydrogen (secondary N) is 1. The van der Waals surface area contributed by atoms with Gasteiger partial charge in [0.15, 0.2) is 0 Å². The Balaban J connectivity index is 1.95. The predicted octanol–water partition coefficient (Wildman–Crippen LogP) is 2.96. The van der Waals surface area contributed by atoms with E-state index >= 15 is 0 Å². The number of carbonyl (C=O) groups excluding carboxylic acids is 1. The van der Waals surface area contributed by atoms with Crippen molar-refractivity contribution in [3.63, 3.8) is 0 Å². The summed E-state index contributed by atoms with van der Waals surface area (Å²) in [6.45, 7) is 0. The molecule has 0 spiro atoms. The van der Waals surface area contributed by atoms with Crippen molar-refractivity contribution in [2.75, 3.05) is 0 Å². The summed E-state index contributed by atoms with van der Waals surface area (Å²) in [5, 5.41) is 13.8. The number of aliphatic hydroxyl groups excluding tert-OH is 1. The van der Waals surface area contributed by atoms with Crippen molar-refractivity contribution < 1.29 is 9.90 Å². The Bertz CT molecular complexity index is 465. The second-order valence-corrected chi connectivity index (χ2v) is 5.78. The fraction of sp³-hybridized carbons (Fsp3) is 0.500. The Kier molecular flexibility index (Phi) is 5.08. The molecule has 0 bridgehead atoms. The van der Waals surface area contributed by atoms with E-state index in [0.29, 0.717) is 15.6 Å². The number of rotatable bonds is 3. The molecule has 2 N–H and O–H groups in total. The summed E-state index contributed by atoms with van der Waals surface area (Å²) in [6, 6.07) is 4.93. The molecule has 2 rings (SSSR count). The second kappa shape index (κ2) is 6.60. The summed E-state index contributed by atoms with van der Waals surface area (Å²) in [6.07, 6.45) is 3.39. The fourth-order valence-corrected chi connectivity index (χ4v) is 2.77. The molecule has 1 aromatic rings. The highest BCUT2D eigenvalue weighted by molar-refractivity contribution is 6.33. The molecule has 2 atom stereocenters. The van der Waals surface area contributed by atoms with Crippen LogP contribution in [-0.2, 0) is 11.2 Å². The first kappa shape index (κ1) is 14.6. The number of benzene rings is 1. The minimum absolute atomic E-state index is 0.130. The van der Waals surface area contributed by atoms with E-state index < -0.39 is 6.10 Å². The highest BCUT2D eigenvalue weighted by Gasteiger charge is 2.24. The molecule has 5 heteroatoms. The van der Waals surface area contributed by atoms with E-state index in [-0.39, 0.29) is 18.4 Å². The van der Waals surface area contributed by atoms with Crippen LogP contribution >= 0.6 is 23.2 Å². The highest BCUT2D eigenvalue weighted by Crippen LogP contribution is 2.22. The van der Waals surface area contributed by atoms with Gasteiger partial charge < -0.3 is 10.4 Å². The normalized spacial score (nSPS) is 23.1. The van der Waals surface area contributed by atoms with Crippen LogP contribution in [0.1, 0.15) is 31.2 Å². The zero-order valence-corrected chi connectivity index (χ0v) is 12.0. The molecular formula is C14H17Cl2NO2. The molecule has 2 unspecified atom stereocenters. The molecule has 104 valence electrons. The number of halogens is 2. The first-order valence-electron chi connectivity index (χ1n) is 6.47. The monoisotopic (exact) mass is 301 g/mol. The van der Waals surface area contributed by atoms with Crippen LogP contribution in [0.15, 0.2) is 18.2 Å². The van der Waals surface area contributed by atoms with Crippen LogP contribution in [0.25, 0.3) is 0 Å². The average Bonchev–Trinajstić information content (AvgIpc) is 2.37.